The quantitative estimate of drug-likeness (QED) is 0.271. The van der Waals surface area contributed by atoms with E-state index in [1.165, 1.54) is 22.9 Å². The molecule has 2 N–H and O–H groups in total. The maximum atomic E-state index is 14.2. The van der Waals surface area contributed by atoms with Crippen molar-refractivity contribution in [2.24, 2.45) is 0 Å². The molecule has 0 atom stereocenters. The summed E-state index contributed by atoms with van der Waals surface area (Å²) in [5, 5.41) is 22.8. The van der Waals surface area contributed by atoms with Gasteiger partial charge in [-0.1, -0.05) is 48.5 Å². The number of nitrogens with zero attached hydrogens (tertiary/aromatic N) is 4. The summed E-state index contributed by atoms with van der Waals surface area (Å²) in [5.41, 5.74) is 1.16. The van der Waals surface area contributed by atoms with Crippen LogP contribution in [0.1, 0.15) is 37.8 Å². The van der Waals surface area contributed by atoms with Gasteiger partial charge in [0.1, 0.15) is 5.82 Å². The van der Waals surface area contributed by atoms with Crippen LogP contribution in [0.2, 0.25) is 0 Å². The van der Waals surface area contributed by atoms with E-state index in [0.717, 1.165) is 6.08 Å². The Morgan fingerprint density at radius 3 is 2.52 bits per heavy atom. The van der Waals surface area contributed by atoms with Gasteiger partial charge in [-0.25, -0.2) is 4.39 Å². The monoisotopic (exact) mass is 417 g/mol. The molecule has 4 aromatic rings. The van der Waals surface area contributed by atoms with Crippen LogP contribution in [0.15, 0.2) is 72.9 Å². The van der Waals surface area contributed by atoms with Gasteiger partial charge in [0, 0.05) is 29.0 Å². The summed E-state index contributed by atoms with van der Waals surface area (Å²) in [7, 11) is 0. The summed E-state index contributed by atoms with van der Waals surface area (Å²) >= 11 is 0. The second-order valence-electron chi connectivity index (χ2n) is 6.66. The molecule has 154 valence electrons. The fraction of sp³-hybridized carbons (Fsp3) is 0.0455. The summed E-state index contributed by atoms with van der Waals surface area (Å²) in [6.07, 6.45) is 2.42. The standard InChI is InChI=1S/C22H16FN5O3/c23-17-9-5-4-8-15(17)12-28-13-16(21(31)14-6-2-1-3-7-14)10-18(28)19(29)11-20(30)22-24-26-27-25-22/h1-11,13,30H,12H2,(H,24,25,26,27). The van der Waals surface area contributed by atoms with E-state index in [1.54, 1.807) is 48.5 Å². The molecular weight excluding hydrogens is 401 g/mol. The number of hydrogen-bond acceptors (Lipinski definition) is 6. The zero-order chi connectivity index (χ0) is 21.8. The zero-order valence-corrected chi connectivity index (χ0v) is 16.1. The van der Waals surface area contributed by atoms with Crippen LogP contribution < -0.4 is 0 Å². The Kier molecular flexibility index (Phi) is 5.48. The second-order valence-corrected chi connectivity index (χ2v) is 6.66. The number of H-pyrrole nitrogens is 1. The molecule has 0 bridgehead atoms. The molecular formula is C22H16FN5O3. The van der Waals surface area contributed by atoms with Crippen molar-refractivity contribution in [2.45, 2.75) is 6.54 Å². The fourth-order valence-electron chi connectivity index (χ4n) is 3.07. The Hall–Kier alpha value is -4.40. The molecule has 2 aromatic heterocycles. The molecule has 0 spiro atoms. The van der Waals surface area contributed by atoms with Gasteiger partial charge in [-0.15, -0.1) is 10.2 Å². The lowest BCUT2D eigenvalue weighted by molar-refractivity contribution is 0.103. The second kappa shape index (κ2) is 8.54. The normalized spacial score (nSPS) is 11.5. The molecule has 0 unspecified atom stereocenters. The van der Waals surface area contributed by atoms with Crippen molar-refractivity contribution in [3.8, 4) is 0 Å². The zero-order valence-electron chi connectivity index (χ0n) is 16.1. The van der Waals surface area contributed by atoms with E-state index < -0.39 is 17.4 Å². The van der Waals surface area contributed by atoms with Crippen LogP contribution in [-0.2, 0) is 6.54 Å². The van der Waals surface area contributed by atoms with Crippen molar-refractivity contribution in [3.05, 3.63) is 107 Å². The summed E-state index contributed by atoms with van der Waals surface area (Å²) in [6, 6.07) is 16.2. The topological polar surface area (TPSA) is 114 Å². The predicted molar refractivity (Wildman–Crippen MR) is 109 cm³/mol. The first-order chi connectivity index (χ1) is 15.0. The van der Waals surface area contributed by atoms with E-state index >= 15 is 0 Å². The van der Waals surface area contributed by atoms with Gasteiger partial charge in [-0.2, -0.15) is 5.21 Å². The maximum Gasteiger partial charge on any atom is 0.239 e. The van der Waals surface area contributed by atoms with Crippen molar-refractivity contribution in [1.82, 2.24) is 25.2 Å². The first-order valence-corrected chi connectivity index (χ1v) is 9.25. The Morgan fingerprint density at radius 2 is 1.81 bits per heavy atom. The van der Waals surface area contributed by atoms with Crippen molar-refractivity contribution in [2.75, 3.05) is 0 Å². The Morgan fingerprint density at radius 1 is 1.06 bits per heavy atom. The highest BCUT2D eigenvalue weighted by Crippen LogP contribution is 2.19. The number of aromatic amines is 1. The Bertz CT molecular complexity index is 1260. The molecule has 2 aromatic carbocycles. The number of aliphatic hydroxyl groups excluding tert-OH is 1. The third kappa shape index (κ3) is 4.30. The number of hydrogen-bond donors (Lipinski definition) is 2. The molecule has 2 heterocycles. The van der Waals surface area contributed by atoms with Crippen molar-refractivity contribution < 1.29 is 19.1 Å². The lowest BCUT2D eigenvalue weighted by Crippen LogP contribution is -2.09. The molecule has 0 saturated carbocycles. The largest absolute Gasteiger partial charge is 0.504 e. The minimum Gasteiger partial charge on any atom is -0.504 e. The molecule has 4 rings (SSSR count). The number of tetrazole rings is 1. The van der Waals surface area contributed by atoms with Gasteiger partial charge in [0.15, 0.2) is 11.5 Å². The fourth-order valence-corrected chi connectivity index (χ4v) is 3.07. The Balaban J connectivity index is 1.74. The van der Waals surface area contributed by atoms with Crippen molar-refractivity contribution in [1.29, 1.82) is 0 Å². The number of benzene rings is 2. The van der Waals surface area contributed by atoms with E-state index in [0.29, 0.717) is 11.1 Å². The van der Waals surface area contributed by atoms with Crippen LogP contribution in [0.5, 0.6) is 0 Å². The van der Waals surface area contributed by atoms with E-state index in [9.17, 15) is 19.1 Å². The van der Waals surface area contributed by atoms with E-state index in [-0.39, 0.29) is 29.4 Å². The van der Waals surface area contributed by atoms with Crippen LogP contribution in [0, 0.1) is 5.82 Å². The van der Waals surface area contributed by atoms with Crippen LogP contribution in [-0.4, -0.2) is 41.9 Å². The van der Waals surface area contributed by atoms with E-state index in [4.69, 9.17) is 0 Å². The molecule has 31 heavy (non-hydrogen) atoms. The third-order valence-corrected chi connectivity index (χ3v) is 4.59. The number of aromatic nitrogens is 5. The highest BCUT2D eigenvalue weighted by molar-refractivity contribution is 6.12. The van der Waals surface area contributed by atoms with Gasteiger partial charge < -0.3 is 9.67 Å². The number of rotatable bonds is 7. The molecule has 0 fully saturated rings. The Labute approximate surface area is 175 Å². The smallest absolute Gasteiger partial charge is 0.239 e. The molecule has 0 aliphatic heterocycles. The van der Waals surface area contributed by atoms with Gasteiger partial charge in [0.05, 0.1) is 12.2 Å². The first kappa shape index (κ1) is 19.9. The average Bonchev–Trinajstić information content (AvgIpc) is 3.46. The number of ketones is 2. The van der Waals surface area contributed by atoms with Crippen LogP contribution in [0.3, 0.4) is 0 Å². The minimum atomic E-state index is -0.606. The van der Waals surface area contributed by atoms with Gasteiger partial charge in [-0.3, -0.25) is 9.59 Å². The number of aliphatic hydroxyl groups is 1. The predicted octanol–water partition coefficient (Wildman–Crippen LogP) is 3.20. The van der Waals surface area contributed by atoms with Crippen LogP contribution in [0.4, 0.5) is 4.39 Å². The lowest BCUT2D eigenvalue weighted by Gasteiger charge is -2.08. The molecule has 0 aliphatic carbocycles. The number of allylic oxidation sites excluding steroid dienone is 1. The molecule has 0 amide bonds. The number of carbonyl (C=O) groups excluding carboxylic acids is 2. The minimum absolute atomic E-state index is 0.0205. The first-order valence-electron chi connectivity index (χ1n) is 9.25. The molecule has 0 aliphatic rings. The van der Waals surface area contributed by atoms with Crippen molar-refractivity contribution >= 4 is 17.3 Å². The third-order valence-electron chi connectivity index (χ3n) is 4.59. The van der Waals surface area contributed by atoms with Crippen molar-refractivity contribution in [3.63, 3.8) is 0 Å². The highest BCUT2D eigenvalue weighted by Gasteiger charge is 2.19. The molecule has 8 nitrogen and oxygen atoms in total. The van der Waals surface area contributed by atoms with Gasteiger partial charge in [0.2, 0.25) is 11.6 Å². The summed E-state index contributed by atoms with van der Waals surface area (Å²) < 4.78 is 15.7. The molecule has 0 radical (unpaired) electrons. The van der Waals surface area contributed by atoms with Crippen LogP contribution >= 0.6 is 0 Å². The van der Waals surface area contributed by atoms with Crippen LogP contribution in [0.25, 0.3) is 5.76 Å². The highest BCUT2D eigenvalue weighted by atomic mass is 19.1. The van der Waals surface area contributed by atoms with Gasteiger partial charge in [-0.05, 0) is 17.3 Å². The number of nitrogens with one attached hydrogen (secondary N) is 1. The van der Waals surface area contributed by atoms with Gasteiger partial charge >= 0.3 is 0 Å². The van der Waals surface area contributed by atoms with E-state index in [2.05, 4.69) is 20.6 Å². The molecule has 9 heteroatoms. The average molecular weight is 417 g/mol. The SMILES string of the molecule is O=C(c1ccccc1)c1cc(C(=O)C=C(O)c2nn[nH]n2)n(Cc2ccccc2F)c1. The summed E-state index contributed by atoms with van der Waals surface area (Å²) in [5.74, 6) is -1.97. The number of carbonyl (C=O) groups is 2. The molecule has 0 saturated heterocycles. The lowest BCUT2D eigenvalue weighted by atomic mass is 10.1. The van der Waals surface area contributed by atoms with E-state index in [1.807, 2.05) is 0 Å². The van der Waals surface area contributed by atoms with Gasteiger partial charge in [0.25, 0.3) is 0 Å². The summed E-state index contributed by atoms with van der Waals surface area (Å²) in [6.45, 7) is 0.0205. The summed E-state index contributed by atoms with van der Waals surface area (Å²) in [4.78, 5) is 25.7. The maximum absolute atomic E-state index is 14.2. The number of halogens is 1.